The minimum atomic E-state index is -1.34. The van der Waals surface area contributed by atoms with Gasteiger partial charge in [-0.2, -0.15) is 0 Å². The number of nitrogens with one attached hydrogen (secondary N) is 1. The van der Waals surface area contributed by atoms with Gasteiger partial charge in [-0.25, -0.2) is 4.79 Å². The number of benzene rings is 1. The molecular formula is C14H17INO4-. The predicted octanol–water partition coefficient (Wildman–Crippen LogP) is 1.48. The Kier molecular flexibility index (Phi) is 5.79. The molecule has 1 atom stereocenters. The molecular weight excluding hydrogens is 373 g/mol. The summed E-state index contributed by atoms with van der Waals surface area (Å²) in [6.45, 7) is 5.12. The molecule has 0 aliphatic carbocycles. The fourth-order valence-corrected chi connectivity index (χ4v) is 1.86. The SMILES string of the molecule is CC(C)(C)OC(=O)N[C@H](Cc1ccc(I)cc1)C(=O)[O-]. The second kappa shape index (κ2) is 6.92. The van der Waals surface area contributed by atoms with Crippen LogP contribution in [-0.4, -0.2) is 23.7 Å². The number of rotatable bonds is 4. The van der Waals surface area contributed by atoms with E-state index < -0.39 is 23.7 Å². The van der Waals surface area contributed by atoms with Crippen molar-refractivity contribution in [1.29, 1.82) is 0 Å². The van der Waals surface area contributed by atoms with Crippen molar-refractivity contribution in [3.05, 3.63) is 33.4 Å². The van der Waals surface area contributed by atoms with Crippen LogP contribution in [0.15, 0.2) is 24.3 Å². The van der Waals surface area contributed by atoms with Crippen molar-refractivity contribution in [2.75, 3.05) is 0 Å². The van der Waals surface area contributed by atoms with Gasteiger partial charge in [0.1, 0.15) is 5.60 Å². The molecule has 1 aromatic carbocycles. The quantitative estimate of drug-likeness (QED) is 0.791. The first kappa shape index (κ1) is 16.7. The Hall–Kier alpha value is -1.31. The molecule has 1 amide bonds. The van der Waals surface area contributed by atoms with Gasteiger partial charge in [-0.15, -0.1) is 0 Å². The summed E-state index contributed by atoms with van der Waals surface area (Å²) >= 11 is 2.16. The largest absolute Gasteiger partial charge is 0.548 e. The van der Waals surface area contributed by atoms with E-state index in [-0.39, 0.29) is 6.42 Å². The zero-order chi connectivity index (χ0) is 15.3. The highest BCUT2D eigenvalue weighted by molar-refractivity contribution is 14.1. The van der Waals surface area contributed by atoms with Gasteiger partial charge in [-0.3, -0.25) is 0 Å². The first-order chi connectivity index (χ1) is 9.17. The molecule has 0 bridgehead atoms. The van der Waals surface area contributed by atoms with Gasteiger partial charge >= 0.3 is 6.09 Å². The maximum Gasteiger partial charge on any atom is 0.408 e. The van der Waals surface area contributed by atoms with E-state index in [9.17, 15) is 14.7 Å². The molecule has 1 N–H and O–H groups in total. The van der Waals surface area contributed by atoms with Crippen molar-refractivity contribution < 1.29 is 19.4 Å². The van der Waals surface area contributed by atoms with Crippen LogP contribution in [0.2, 0.25) is 0 Å². The van der Waals surface area contributed by atoms with Crippen molar-refractivity contribution in [1.82, 2.24) is 5.32 Å². The minimum Gasteiger partial charge on any atom is -0.548 e. The van der Waals surface area contributed by atoms with Gasteiger partial charge in [0.15, 0.2) is 0 Å². The van der Waals surface area contributed by atoms with E-state index in [2.05, 4.69) is 27.9 Å². The van der Waals surface area contributed by atoms with Gasteiger partial charge in [0, 0.05) is 3.57 Å². The van der Waals surface area contributed by atoms with Crippen molar-refractivity contribution in [2.24, 2.45) is 0 Å². The second-order valence-electron chi connectivity index (χ2n) is 5.35. The van der Waals surface area contributed by atoms with E-state index in [4.69, 9.17) is 4.74 Å². The van der Waals surface area contributed by atoms with Gasteiger partial charge in [-0.1, -0.05) is 12.1 Å². The maximum absolute atomic E-state index is 11.6. The first-order valence-corrected chi connectivity index (χ1v) is 7.20. The third-order valence-electron chi connectivity index (χ3n) is 2.33. The topological polar surface area (TPSA) is 78.5 Å². The van der Waals surface area contributed by atoms with E-state index in [1.807, 2.05) is 24.3 Å². The lowest BCUT2D eigenvalue weighted by molar-refractivity contribution is -0.308. The lowest BCUT2D eigenvalue weighted by atomic mass is 10.1. The number of aliphatic carboxylic acids is 1. The highest BCUT2D eigenvalue weighted by Crippen LogP contribution is 2.10. The fourth-order valence-electron chi connectivity index (χ4n) is 1.50. The molecule has 5 nitrogen and oxygen atoms in total. The van der Waals surface area contributed by atoms with E-state index in [0.29, 0.717) is 0 Å². The molecule has 0 aromatic heterocycles. The van der Waals surface area contributed by atoms with Crippen LogP contribution >= 0.6 is 22.6 Å². The number of ether oxygens (including phenoxy) is 1. The molecule has 0 radical (unpaired) electrons. The fraction of sp³-hybridized carbons (Fsp3) is 0.429. The Morgan fingerprint density at radius 1 is 1.30 bits per heavy atom. The molecule has 0 saturated heterocycles. The van der Waals surface area contributed by atoms with E-state index >= 15 is 0 Å². The Balaban J connectivity index is 2.68. The minimum absolute atomic E-state index is 0.151. The molecule has 0 spiro atoms. The number of carbonyl (C=O) groups excluding carboxylic acids is 2. The summed E-state index contributed by atoms with van der Waals surface area (Å²) in [7, 11) is 0. The van der Waals surface area contributed by atoms with Crippen LogP contribution < -0.4 is 10.4 Å². The summed E-state index contributed by atoms with van der Waals surface area (Å²) in [5, 5.41) is 13.4. The number of carboxylic acid groups (broad SMARTS) is 1. The van der Waals surface area contributed by atoms with E-state index in [1.165, 1.54) is 0 Å². The van der Waals surface area contributed by atoms with Gasteiger partial charge in [0.2, 0.25) is 0 Å². The molecule has 1 rings (SSSR count). The van der Waals surface area contributed by atoms with E-state index in [1.54, 1.807) is 20.8 Å². The van der Waals surface area contributed by atoms with Crippen molar-refractivity contribution in [2.45, 2.75) is 38.8 Å². The zero-order valence-corrected chi connectivity index (χ0v) is 13.8. The molecule has 20 heavy (non-hydrogen) atoms. The summed E-state index contributed by atoms with van der Waals surface area (Å²) in [6.07, 6.45) is -0.615. The normalized spacial score (nSPS) is 12.6. The number of hydrogen-bond donors (Lipinski definition) is 1. The highest BCUT2D eigenvalue weighted by Gasteiger charge is 2.20. The molecule has 0 heterocycles. The molecule has 0 aliphatic rings. The number of amides is 1. The summed E-state index contributed by atoms with van der Waals surface area (Å²) in [5.74, 6) is -1.34. The standard InChI is InChI=1S/C14H18INO4/c1-14(2,3)20-13(19)16-11(12(17)18)8-9-4-6-10(15)7-5-9/h4-7,11H,8H2,1-3H3,(H,16,19)(H,17,18)/p-1/t11-/m1/s1. The van der Waals surface area contributed by atoms with Crippen LogP contribution in [0.1, 0.15) is 26.3 Å². The summed E-state index contributed by atoms with van der Waals surface area (Å²) in [6, 6.07) is 6.25. The van der Waals surface area contributed by atoms with Gasteiger partial charge in [0.25, 0.3) is 0 Å². The van der Waals surface area contributed by atoms with Crippen LogP contribution in [-0.2, 0) is 16.0 Å². The molecule has 0 saturated carbocycles. The van der Waals surface area contributed by atoms with Gasteiger partial charge in [0.05, 0.1) is 12.0 Å². The average Bonchev–Trinajstić information content (AvgIpc) is 2.28. The smallest absolute Gasteiger partial charge is 0.408 e. The number of hydrogen-bond acceptors (Lipinski definition) is 4. The summed E-state index contributed by atoms with van der Waals surface area (Å²) in [4.78, 5) is 22.7. The van der Waals surface area contributed by atoms with Gasteiger partial charge in [-0.05, 0) is 67.5 Å². The Morgan fingerprint density at radius 3 is 2.30 bits per heavy atom. The highest BCUT2D eigenvalue weighted by atomic mass is 127. The molecule has 0 aliphatic heterocycles. The van der Waals surface area contributed by atoms with Crippen molar-refractivity contribution in [3.8, 4) is 0 Å². The van der Waals surface area contributed by atoms with Crippen LogP contribution in [0.25, 0.3) is 0 Å². The zero-order valence-electron chi connectivity index (χ0n) is 11.6. The van der Waals surface area contributed by atoms with Crippen molar-refractivity contribution in [3.63, 3.8) is 0 Å². The van der Waals surface area contributed by atoms with Crippen LogP contribution in [0, 0.1) is 3.57 Å². The first-order valence-electron chi connectivity index (χ1n) is 6.12. The van der Waals surface area contributed by atoms with Crippen molar-refractivity contribution >= 4 is 34.7 Å². The Bertz CT molecular complexity index is 479. The molecule has 110 valence electrons. The Morgan fingerprint density at radius 2 is 1.85 bits per heavy atom. The lowest BCUT2D eigenvalue weighted by Crippen LogP contribution is -2.50. The molecule has 0 unspecified atom stereocenters. The third kappa shape index (κ3) is 6.23. The predicted molar refractivity (Wildman–Crippen MR) is 81.0 cm³/mol. The van der Waals surface area contributed by atoms with Crippen LogP contribution in [0.4, 0.5) is 4.79 Å². The number of halogens is 1. The van der Waals surface area contributed by atoms with Crippen LogP contribution in [0.5, 0.6) is 0 Å². The molecule has 1 aromatic rings. The number of carbonyl (C=O) groups is 2. The van der Waals surface area contributed by atoms with Gasteiger partial charge < -0.3 is 20.0 Å². The van der Waals surface area contributed by atoms with E-state index in [0.717, 1.165) is 9.13 Å². The average molecular weight is 390 g/mol. The third-order valence-corrected chi connectivity index (χ3v) is 3.05. The molecule has 0 fully saturated rings. The van der Waals surface area contributed by atoms with Crippen LogP contribution in [0.3, 0.4) is 0 Å². The summed E-state index contributed by atoms with van der Waals surface area (Å²) < 4.78 is 6.09. The number of carboxylic acids is 1. The molecule has 6 heteroatoms. The Labute approximate surface area is 131 Å². The monoisotopic (exact) mass is 390 g/mol. The lowest BCUT2D eigenvalue weighted by Gasteiger charge is -2.24. The maximum atomic E-state index is 11.6. The number of alkyl carbamates (subject to hydrolysis) is 1. The second-order valence-corrected chi connectivity index (χ2v) is 6.59. The summed E-state index contributed by atoms with van der Waals surface area (Å²) in [5.41, 5.74) is 0.124.